The van der Waals surface area contributed by atoms with E-state index in [4.69, 9.17) is 0 Å². The highest BCUT2D eigenvalue weighted by molar-refractivity contribution is 9.11. The monoisotopic (exact) mass is 325 g/mol. The highest BCUT2D eigenvalue weighted by Gasteiger charge is 2.07. The van der Waals surface area contributed by atoms with E-state index < -0.39 is 0 Å². The SMILES string of the molecule is CNc1cncc(C(=O)NCc2csc(Br)c2)c1. The second-order valence-electron chi connectivity index (χ2n) is 3.65. The van der Waals surface area contributed by atoms with Gasteiger partial charge in [0.2, 0.25) is 0 Å². The van der Waals surface area contributed by atoms with Gasteiger partial charge in [-0.15, -0.1) is 11.3 Å². The predicted molar refractivity (Wildman–Crippen MR) is 77.0 cm³/mol. The van der Waals surface area contributed by atoms with Crippen LogP contribution in [0.25, 0.3) is 0 Å². The van der Waals surface area contributed by atoms with Gasteiger partial charge in [0.25, 0.3) is 5.91 Å². The first-order chi connectivity index (χ1) is 8.69. The third kappa shape index (κ3) is 3.30. The molecule has 18 heavy (non-hydrogen) atoms. The number of pyridine rings is 1. The van der Waals surface area contributed by atoms with Gasteiger partial charge in [0, 0.05) is 26.0 Å². The number of carbonyl (C=O) groups is 1. The molecule has 0 saturated carbocycles. The molecule has 0 unspecified atom stereocenters. The Bertz CT molecular complexity index is 556. The van der Waals surface area contributed by atoms with Gasteiger partial charge in [0.05, 0.1) is 15.0 Å². The number of aromatic nitrogens is 1. The maximum atomic E-state index is 11.9. The van der Waals surface area contributed by atoms with Crippen LogP contribution >= 0.6 is 27.3 Å². The minimum Gasteiger partial charge on any atom is -0.387 e. The average molecular weight is 326 g/mol. The summed E-state index contributed by atoms with van der Waals surface area (Å²) in [6, 6.07) is 3.76. The number of nitrogens with zero attached hydrogens (tertiary/aromatic N) is 1. The van der Waals surface area contributed by atoms with Crippen LogP contribution in [0, 0.1) is 0 Å². The lowest BCUT2D eigenvalue weighted by Crippen LogP contribution is -2.22. The van der Waals surface area contributed by atoms with E-state index in [2.05, 4.69) is 31.5 Å². The summed E-state index contributed by atoms with van der Waals surface area (Å²) in [5.41, 5.74) is 2.45. The summed E-state index contributed by atoms with van der Waals surface area (Å²) < 4.78 is 1.06. The third-order valence-electron chi connectivity index (χ3n) is 2.36. The molecule has 2 aromatic rings. The molecule has 6 heteroatoms. The van der Waals surface area contributed by atoms with E-state index in [0.29, 0.717) is 12.1 Å². The summed E-state index contributed by atoms with van der Waals surface area (Å²) in [5, 5.41) is 7.82. The summed E-state index contributed by atoms with van der Waals surface area (Å²) in [4.78, 5) is 15.9. The molecule has 0 bridgehead atoms. The summed E-state index contributed by atoms with van der Waals surface area (Å²) in [7, 11) is 1.79. The largest absolute Gasteiger partial charge is 0.387 e. The van der Waals surface area contributed by atoms with E-state index in [0.717, 1.165) is 15.0 Å². The van der Waals surface area contributed by atoms with Gasteiger partial charge in [0.1, 0.15) is 0 Å². The van der Waals surface area contributed by atoms with Crippen molar-refractivity contribution in [1.82, 2.24) is 10.3 Å². The second-order valence-corrected chi connectivity index (χ2v) is 5.94. The molecule has 0 aliphatic carbocycles. The minimum absolute atomic E-state index is 0.123. The molecule has 0 aliphatic rings. The van der Waals surface area contributed by atoms with E-state index >= 15 is 0 Å². The summed E-state index contributed by atoms with van der Waals surface area (Å²) >= 11 is 4.99. The van der Waals surface area contributed by atoms with Gasteiger partial charge in [-0.25, -0.2) is 0 Å². The molecule has 0 atom stereocenters. The van der Waals surface area contributed by atoms with E-state index in [-0.39, 0.29) is 5.91 Å². The fourth-order valence-electron chi connectivity index (χ4n) is 1.42. The molecule has 0 fully saturated rings. The number of amides is 1. The predicted octanol–water partition coefficient (Wildman–Crippen LogP) is 2.88. The number of nitrogens with one attached hydrogen (secondary N) is 2. The summed E-state index contributed by atoms with van der Waals surface area (Å²) in [6.45, 7) is 0.519. The molecule has 2 heterocycles. The lowest BCUT2D eigenvalue weighted by molar-refractivity contribution is 0.0950. The highest BCUT2D eigenvalue weighted by atomic mass is 79.9. The zero-order chi connectivity index (χ0) is 13.0. The van der Waals surface area contributed by atoms with Gasteiger partial charge in [0.15, 0.2) is 0 Å². The quantitative estimate of drug-likeness (QED) is 0.908. The smallest absolute Gasteiger partial charge is 0.253 e. The van der Waals surface area contributed by atoms with Gasteiger partial charge in [-0.1, -0.05) is 0 Å². The normalized spacial score (nSPS) is 10.1. The second kappa shape index (κ2) is 5.97. The van der Waals surface area contributed by atoms with Crippen LogP contribution in [-0.4, -0.2) is 17.9 Å². The van der Waals surface area contributed by atoms with Crippen LogP contribution in [0.3, 0.4) is 0 Å². The first-order valence-electron chi connectivity index (χ1n) is 5.33. The number of hydrogen-bond acceptors (Lipinski definition) is 4. The first-order valence-corrected chi connectivity index (χ1v) is 7.00. The zero-order valence-electron chi connectivity index (χ0n) is 9.74. The number of rotatable bonds is 4. The molecule has 2 aromatic heterocycles. The molecule has 0 aromatic carbocycles. The van der Waals surface area contributed by atoms with Crippen molar-refractivity contribution in [3.05, 3.63) is 44.8 Å². The molecule has 4 nitrogen and oxygen atoms in total. The van der Waals surface area contributed by atoms with E-state index in [9.17, 15) is 4.79 Å². The number of carbonyl (C=O) groups excluding carboxylic acids is 1. The Morgan fingerprint density at radius 2 is 2.28 bits per heavy atom. The molecular formula is C12H12BrN3OS. The molecule has 2 rings (SSSR count). The van der Waals surface area contributed by atoms with E-state index in [1.165, 1.54) is 0 Å². The van der Waals surface area contributed by atoms with Crippen LogP contribution in [0.2, 0.25) is 0 Å². The first kappa shape index (κ1) is 13.0. The Kier molecular flexibility index (Phi) is 4.33. The van der Waals surface area contributed by atoms with Crippen molar-refractivity contribution < 1.29 is 4.79 Å². The maximum absolute atomic E-state index is 11.9. The van der Waals surface area contributed by atoms with Crippen molar-refractivity contribution in [1.29, 1.82) is 0 Å². The molecular weight excluding hydrogens is 314 g/mol. The summed E-state index contributed by atoms with van der Waals surface area (Å²) in [5.74, 6) is -0.123. The highest BCUT2D eigenvalue weighted by Crippen LogP contribution is 2.20. The van der Waals surface area contributed by atoms with E-state index in [1.807, 2.05) is 11.4 Å². The number of halogens is 1. The number of hydrogen-bond donors (Lipinski definition) is 2. The van der Waals surface area contributed by atoms with Crippen molar-refractivity contribution >= 4 is 38.9 Å². The van der Waals surface area contributed by atoms with Crippen LogP contribution in [0.15, 0.2) is 33.7 Å². The van der Waals surface area contributed by atoms with Crippen molar-refractivity contribution in [2.75, 3.05) is 12.4 Å². The Morgan fingerprint density at radius 3 is 2.94 bits per heavy atom. The van der Waals surface area contributed by atoms with Gasteiger partial charge < -0.3 is 10.6 Å². The lowest BCUT2D eigenvalue weighted by atomic mass is 10.2. The zero-order valence-corrected chi connectivity index (χ0v) is 12.1. The molecule has 2 N–H and O–H groups in total. The number of anilines is 1. The molecule has 0 saturated heterocycles. The van der Waals surface area contributed by atoms with Gasteiger partial charge in [-0.05, 0) is 39.0 Å². The van der Waals surface area contributed by atoms with Crippen LogP contribution in [-0.2, 0) is 6.54 Å². The van der Waals surface area contributed by atoms with Gasteiger partial charge in [-0.3, -0.25) is 9.78 Å². The van der Waals surface area contributed by atoms with Crippen LogP contribution in [0.4, 0.5) is 5.69 Å². The standard InChI is InChI=1S/C12H12BrN3OS/c1-14-10-3-9(5-15-6-10)12(17)16-4-8-2-11(13)18-7-8/h2-3,5-7,14H,4H2,1H3,(H,16,17). The lowest BCUT2D eigenvalue weighted by Gasteiger charge is -2.05. The summed E-state index contributed by atoms with van der Waals surface area (Å²) in [6.07, 6.45) is 3.23. The Balaban J connectivity index is 1.99. The number of thiophene rings is 1. The average Bonchev–Trinajstić information content (AvgIpc) is 2.82. The Morgan fingerprint density at radius 1 is 1.44 bits per heavy atom. The van der Waals surface area contributed by atoms with Gasteiger partial charge >= 0.3 is 0 Å². The Hall–Kier alpha value is -1.40. The minimum atomic E-state index is -0.123. The van der Waals surface area contributed by atoms with E-state index in [1.54, 1.807) is 36.8 Å². The molecule has 1 amide bonds. The fourth-order valence-corrected chi connectivity index (χ4v) is 2.63. The maximum Gasteiger partial charge on any atom is 0.253 e. The Labute approximate surface area is 118 Å². The van der Waals surface area contributed by atoms with Crippen LogP contribution in [0.5, 0.6) is 0 Å². The third-order valence-corrected chi connectivity index (χ3v) is 3.92. The van der Waals surface area contributed by atoms with Crippen molar-refractivity contribution in [3.63, 3.8) is 0 Å². The fraction of sp³-hybridized carbons (Fsp3) is 0.167. The molecule has 0 radical (unpaired) electrons. The molecule has 0 aliphatic heterocycles. The van der Waals surface area contributed by atoms with Crippen LogP contribution < -0.4 is 10.6 Å². The molecule has 94 valence electrons. The van der Waals surface area contributed by atoms with Crippen molar-refractivity contribution in [3.8, 4) is 0 Å². The van der Waals surface area contributed by atoms with Crippen molar-refractivity contribution in [2.24, 2.45) is 0 Å². The topological polar surface area (TPSA) is 54.0 Å². The van der Waals surface area contributed by atoms with Crippen molar-refractivity contribution in [2.45, 2.75) is 6.54 Å². The van der Waals surface area contributed by atoms with Gasteiger partial charge in [-0.2, -0.15) is 0 Å². The van der Waals surface area contributed by atoms with Crippen LogP contribution in [0.1, 0.15) is 15.9 Å². The molecule has 0 spiro atoms.